The molecule has 0 N–H and O–H groups in total. The van der Waals surface area contributed by atoms with Crippen LogP contribution in [0.4, 0.5) is 4.39 Å². The lowest BCUT2D eigenvalue weighted by molar-refractivity contribution is 0.628. The maximum Gasteiger partial charge on any atom is 0.193 e. The number of nitriles is 1. The van der Waals surface area contributed by atoms with Gasteiger partial charge in [-0.05, 0) is 43.2 Å². The molecule has 1 aromatic heterocycles. The first kappa shape index (κ1) is 18.9. The van der Waals surface area contributed by atoms with Gasteiger partial charge >= 0.3 is 0 Å². The molecule has 1 heterocycles. The Morgan fingerprint density at radius 3 is 2.52 bits per heavy atom. The summed E-state index contributed by atoms with van der Waals surface area (Å²) in [5, 5.41) is 18.5. The van der Waals surface area contributed by atoms with Gasteiger partial charge in [0.25, 0.3) is 0 Å². The standard InChI is InChI=1S/C21H19FN4S/c1-3-12-26-20(17-8-10-18(22)11-9-17)24-25-21(26)27-19(14-23)13-16-6-4-15(2)5-7-16/h3-11,19H,1,12-13H2,2H3/t19-/m1/s1. The average Bonchev–Trinajstić information content (AvgIpc) is 3.06. The second kappa shape index (κ2) is 8.65. The molecule has 0 radical (unpaired) electrons. The molecule has 3 aromatic rings. The van der Waals surface area contributed by atoms with Crippen molar-refractivity contribution < 1.29 is 4.39 Å². The molecule has 0 aliphatic heterocycles. The number of nitrogens with zero attached hydrogens (tertiary/aromatic N) is 4. The maximum absolute atomic E-state index is 13.2. The highest BCUT2D eigenvalue weighted by Gasteiger charge is 2.19. The molecule has 3 rings (SSSR count). The van der Waals surface area contributed by atoms with Gasteiger partial charge in [0.2, 0.25) is 0 Å². The van der Waals surface area contributed by atoms with Crippen molar-refractivity contribution in [3.63, 3.8) is 0 Å². The second-order valence-electron chi connectivity index (χ2n) is 6.14. The summed E-state index contributed by atoms with van der Waals surface area (Å²) >= 11 is 1.38. The van der Waals surface area contributed by atoms with Gasteiger partial charge in [-0.25, -0.2) is 4.39 Å². The number of rotatable bonds is 7. The van der Waals surface area contributed by atoms with Crippen LogP contribution in [-0.4, -0.2) is 20.0 Å². The number of allylic oxidation sites excluding steroid dienone is 1. The zero-order valence-electron chi connectivity index (χ0n) is 15.0. The Bertz CT molecular complexity index is 955. The lowest BCUT2D eigenvalue weighted by Crippen LogP contribution is -2.07. The third kappa shape index (κ3) is 4.63. The molecule has 0 saturated carbocycles. The van der Waals surface area contributed by atoms with Gasteiger partial charge in [-0.3, -0.25) is 4.57 Å². The minimum atomic E-state index is -0.300. The van der Waals surface area contributed by atoms with Crippen molar-refractivity contribution in [3.8, 4) is 17.5 Å². The van der Waals surface area contributed by atoms with Crippen molar-refractivity contribution in [2.75, 3.05) is 0 Å². The van der Waals surface area contributed by atoms with E-state index in [-0.39, 0.29) is 11.1 Å². The maximum atomic E-state index is 13.2. The molecule has 0 bridgehead atoms. The summed E-state index contributed by atoms with van der Waals surface area (Å²) in [6.45, 7) is 6.33. The summed E-state index contributed by atoms with van der Waals surface area (Å²) in [5.41, 5.74) is 3.06. The van der Waals surface area contributed by atoms with E-state index in [0.717, 1.165) is 11.1 Å². The van der Waals surface area contributed by atoms with Gasteiger partial charge in [-0.1, -0.05) is 47.7 Å². The molecule has 0 saturated heterocycles. The first-order valence-corrected chi connectivity index (χ1v) is 9.40. The van der Waals surface area contributed by atoms with Crippen molar-refractivity contribution >= 4 is 11.8 Å². The fourth-order valence-electron chi connectivity index (χ4n) is 2.66. The van der Waals surface area contributed by atoms with Crippen LogP contribution in [0.1, 0.15) is 11.1 Å². The van der Waals surface area contributed by atoms with Crippen molar-refractivity contribution in [3.05, 3.63) is 78.1 Å². The molecule has 0 spiro atoms. The fraction of sp³-hybridized carbons (Fsp3) is 0.190. The van der Waals surface area contributed by atoms with E-state index in [0.29, 0.717) is 23.9 Å². The quantitative estimate of drug-likeness (QED) is 0.437. The van der Waals surface area contributed by atoms with E-state index in [9.17, 15) is 9.65 Å². The minimum Gasteiger partial charge on any atom is -0.298 e. The van der Waals surface area contributed by atoms with Crippen LogP contribution in [0.25, 0.3) is 11.4 Å². The molecule has 6 heteroatoms. The molecule has 0 aliphatic carbocycles. The van der Waals surface area contributed by atoms with Crippen LogP contribution in [0, 0.1) is 24.1 Å². The zero-order valence-corrected chi connectivity index (χ0v) is 15.8. The number of benzene rings is 2. The topological polar surface area (TPSA) is 54.5 Å². The predicted octanol–water partition coefficient (Wildman–Crippen LogP) is 4.81. The van der Waals surface area contributed by atoms with Crippen molar-refractivity contribution in [2.45, 2.75) is 30.3 Å². The molecule has 4 nitrogen and oxygen atoms in total. The third-order valence-corrected chi connectivity index (χ3v) is 5.13. The molecule has 1 atom stereocenters. The predicted molar refractivity (Wildman–Crippen MR) is 106 cm³/mol. The van der Waals surface area contributed by atoms with Crippen LogP contribution in [0.3, 0.4) is 0 Å². The molecule has 136 valence electrons. The molecule has 0 unspecified atom stereocenters. The highest BCUT2D eigenvalue weighted by molar-refractivity contribution is 8.00. The van der Waals surface area contributed by atoms with Crippen molar-refractivity contribution in [1.29, 1.82) is 5.26 Å². The van der Waals surface area contributed by atoms with Crippen LogP contribution in [0.15, 0.2) is 66.3 Å². The summed E-state index contributed by atoms with van der Waals surface area (Å²) in [6.07, 6.45) is 2.37. The van der Waals surface area contributed by atoms with Gasteiger partial charge in [0, 0.05) is 12.1 Å². The lowest BCUT2D eigenvalue weighted by Gasteiger charge is -2.11. The van der Waals surface area contributed by atoms with Gasteiger partial charge in [-0.2, -0.15) is 5.26 Å². The van der Waals surface area contributed by atoms with Crippen LogP contribution < -0.4 is 0 Å². The second-order valence-corrected chi connectivity index (χ2v) is 7.31. The third-order valence-electron chi connectivity index (χ3n) is 4.06. The molecular formula is C21H19FN4S. The van der Waals surface area contributed by atoms with E-state index in [4.69, 9.17) is 0 Å². The van der Waals surface area contributed by atoms with Gasteiger partial charge in [-0.15, -0.1) is 16.8 Å². The molecular weight excluding hydrogens is 359 g/mol. The van der Waals surface area contributed by atoms with E-state index in [1.807, 2.05) is 35.8 Å². The Morgan fingerprint density at radius 2 is 1.89 bits per heavy atom. The summed E-state index contributed by atoms with van der Waals surface area (Å²) in [7, 11) is 0. The van der Waals surface area contributed by atoms with Gasteiger partial charge in [0.15, 0.2) is 11.0 Å². The summed E-state index contributed by atoms with van der Waals surface area (Å²) in [6, 6.07) is 16.6. The Hall–Kier alpha value is -2.91. The molecule has 0 amide bonds. The Morgan fingerprint density at radius 1 is 1.19 bits per heavy atom. The van der Waals surface area contributed by atoms with Crippen molar-refractivity contribution in [2.24, 2.45) is 0 Å². The van der Waals surface area contributed by atoms with Crippen LogP contribution in [0.5, 0.6) is 0 Å². The summed E-state index contributed by atoms with van der Waals surface area (Å²) in [5.74, 6) is 0.329. The molecule has 2 aromatic carbocycles. The number of halogens is 1. The van der Waals surface area contributed by atoms with Crippen LogP contribution in [-0.2, 0) is 13.0 Å². The van der Waals surface area contributed by atoms with E-state index < -0.39 is 0 Å². The Kier molecular flexibility index (Phi) is 6.05. The van der Waals surface area contributed by atoms with E-state index >= 15 is 0 Å². The SMILES string of the molecule is C=CCn1c(S[C@@H](C#N)Cc2ccc(C)cc2)nnc1-c1ccc(F)cc1. The minimum absolute atomic E-state index is 0.290. The molecule has 0 aliphatic rings. The van der Waals surface area contributed by atoms with E-state index in [1.54, 1.807) is 18.2 Å². The van der Waals surface area contributed by atoms with E-state index in [2.05, 4.69) is 22.8 Å². The highest BCUT2D eigenvalue weighted by Crippen LogP contribution is 2.28. The fourth-order valence-corrected chi connectivity index (χ4v) is 3.62. The number of hydrogen-bond donors (Lipinski definition) is 0. The monoisotopic (exact) mass is 378 g/mol. The van der Waals surface area contributed by atoms with Crippen LogP contribution >= 0.6 is 11.8 Å². The zero-order chi connectivity index (χ0) is 19.2. The Labute approximate surface area is 162 Å². The lowest BCUT2D eigenvalue weighted by atomic mass is 10.1. The van der Waals surface area contributed by atoms with E-state index in [1.165, 1.54) is 29.5 Å². The summed E-state index contributed by atoms with van der Waals surface area (Å²) < 4.78 is 15.1. The number of aryl methyl sites for hydroxylation is 1. The van der Waals surface area contributed by atoms with Gasteiger partial charge in [0.1, 0.15) is 11.1 Å². The highest BCUT2D eigenvalue weighted by atomic mass is 32.2. The normalized spacial score (nSPS) is 11.7. The van der Waals surface area contributed by atoms with Crippen molar-refractivity contribution in [1.82, 2.24) is 14.8 Å². The van der Waals surface area contributed by atoms with Gasteiger partial charge < -0.3 is 0 Å². The van der Waals surface area contributed by atoms with Crippen LogP contribution in [0.2, 0.25) is 0 Å². The first-order chi connectivity index (χ1) is 13.1. The summed E-state index contributed by atoms with van der Waals surface area (Å²) in [4.78, 5) is 0. The Balaban J connectivity index is 1.84. The largest absolute Gasteiger partial charge is 0.298 e. The smallest absolute Gasteiger partial charge is 0.193 e. The molecule has 27 heavy (non-hydrogen) atoms. The molecule has 0 fully saturated rings. The first-order valence-electron chi connectivity index (χ1n) is 8.52. The number of hydrogen-bond acceptors (Lipinski definition) is 4. The van der Waals surface area contributed by atoms with Gasteiger partial charge in [0.05, 0.1) is 6.07 Å². The number of thioether (sulfide) groups is 1. The average molecular weight is 378 g/mol. The number of aromatic nitrogens is 3.